The molecular weight excluding hydrogens is 236 g/mol. The molecule has 2 heterocycles. The summed E-state index contributed by atoms with van der Waals surface area (Å²) >= 11 is 0. The third-order valence-corrected chi connectivity index (χ3v) is 3.12. The summed E-state index contributed by atoms with van der Waals surface area (Å²) in [6.45, 7) is 1.84. The van der Waals surface area contributed by atoms with Gasteiger partial charge in [0.25, 0.3) is 0 Å². The number of pyridine rings is 2. The summed E-state index contributed by atoms with van der Waals surface area (Å²) < 4.78 is 0. The number of rotatable bonds is 2. The van der Waals surface area contributed by atoms with E-state index in [1.54, 1.807) is 24.5 Å². The largest absolute Gasteiger partial charge is 0.289 e. The average molecular weight is 248 g/mol. The molecule has 0 spiro atoms. The van der Waals surface area contributed by atoms with E-state index in [4.69, 9.17) is 0 Å². The average Bonchev–Trinajstić information content (AvgIpc) is 2.46. The summed E-state index contributed by atoms with van der Waals surface area (Å²) in [5.74, 6) is -0.0156. The molecule has 92 valence electrons. The number of fused-ring (bicyclic) bond motifs is 1. The third-order valence-electron chi connectivity index (χ3n) is 3.12. The zero-order valence-corrected chi connectivity index (χ0v) is 10.5. The first-order valence-electron chi connectivity index (χ1n) is 6.07. The lowest BCUT2D eigenvalue weighted by Crippen LogP contribution is -2.04. The summed E-state index contributed by atoms with van der Waals surface area (Å²) in [6, 6.07) is 13.0. The van der Waals surface area contributed by atoms with Crippen LogP contribution in [0.4, 0.5) is 0 Å². The molecule has 0 atom stereocenters. The van der Waals surface area contributed by atoms with Crippen LogP contribution in [0.5, 0.6) is 0 Å². The van der Waals surface area contributed by atoms with E-state index in [1.807, 2.05) is 37.3 Å². The lowest BCUT2D eigenvalue weighted by molar-refractivity contribution is 0.103. The molecule has 0 amide bonds. The number of hydrogen-bond acceptors (Lipinski definition) is 3. The second-order valence-corrected chi connectivity index (χ2v) is 4.38. The number of aryl methyl sites for hydroxylation is 1. The molecule has 3 aromatic rings. The van der Waals surface area contributed by atoms with Gasteiger partial charge in [-0.05, 0) is 31.2 Å². The highest BCUT2D eigenvalue weighted by atomic mass is 16.1. The monoisotopic (exact) mass is 248 g/mol. The van der Waals surface area contributed by atoms with Crippen molar-refractivity contribution in [2.45, 2.75) is 6.92 Å². The standard InChI is InChI=1S/C16H12N2O/c1-11-14(5-3-8-17-11)16(19)13-7-6-12-4-2-9-18-15(12)10-13/h2-10H,1H3. The first kappa shape index (κ1) is 11.5. The van der Waals surface area contributed by atoms with Crippen LogP contribution in [0.25, 0.3) is 10.9 Å². The number of hydrogen-bond donors (Lipinski definition) is 0. The maximum atomic E-state index is 12.4. The van der Waals surface area contributed by atoms with E-state index < -0.39 is 0 Å². The minimum absolute atomic E-state index is 0.0156. The van der Waals surface area contributed by atoms with E-state index in [0.29, 0.717) is 11.1 Å². The van der Waals surface area contributed by atoms with Crippen LogP contribution in [0, 0.1) is 6.92 Å². The van der Waals surface area contributed by atoms with Gasteiger partial charge in [-0.2, -0.15) is 0 Å². The fraction of sp³-hybridized carbons (Fsp3) is 0.0625. The van der Waals surface area contributed by atoms with Gasteiger partial charge in [0.15, 0.2) is 5.78 Å². The first-order valence-corrected chi connectivity index (χ1v) is 6.07. The van der Waals surface area contributed by atoms with Crippen molar-refractivity contribution in [1.29, 1.82) is 0 Å². The number of aromatic nitrogens is 2. The van der Waals surface area contributed by atoms with Gasteiger partial charge in [-0.25, -0.2) is 0 Å². The molecule has 3 rings (SSSR count). The molecule has 0 aliphatic heterocycles. The molecule has 3 nitrogen and oxygen atoms in total. The maximum Gasteiger partial charge on any atom is 0.194 e. The minimum Gasteiger partial charge on any atom is -0.289 e. The normalized spacial score (nSPS) is 10.6. The quantitative estimate of drug-likeness (QED) is 0.654. The van der Waals surface area contributed by atoms with Gasteiger partial charge < -0.3 is 0 Å². The second-order valence-electron chi connectivity index (χ2n) is 4.38. The fourth-order valence-corrected chi connectivity index (χ4v) is 2.09. The second kappa shape index (κ2) is 4.61. The summed E-state index contributed by atoms with van der Waals surface area (Å²) in [7, 11) is 0. The SMILES string of the molecule is Cc1ncccc1C(=O)c1ccc2cccnc2c1. The van der Waals surface area contributed by atoms with Crippen molar-refractivity contribution < 1.29 is 4.79 Å². The molecule has 2 aromatic heterocycles. The zero-order chi connectivity index (χ0) is 13.2. The Kier molecular flexibility index (Phi) is 2.80. The Balaban J connectivity index is 2.09. The van der Waals surface area contributed by atoms with Gasteiger partial charge in [-0.1, -0.05) is 18.2 Å². The number of ketones is 1. The Morgan fingerprint density at radius 2 is 1.79 bits per heavy atom. The molecule has 19 heavy (non-hydrogen) atoms. The zero-order valence-electron chi connectivity index (χ0n) is 10.5. The predicted octanol–water partition coefficient (Wildman–Crippen LogP) is 3.17. The summed E-state index contributed by atoms with van der Waals surface area (Å²) in [5.41, 5.74) is 2.85. The minimum atomic E-state index is -0.0156. The van der Waals surface area contributed by atoms with Crippen LogP contribution in [0.1, 0.15) is 21.6 Å². The van der Waals surface area contributed by atoms with Gasteiger partial charge in [0.2, 0.25) is 0 Å². The number of carbonyl (C=O) groups is 1. The van der Waals surface area contributed by atoms with Crippen LogP contribution in [0.3, 0.4) is 0 Å². The lowest BCUT2D eigenvalue weighted by atomic mass is 10.0. The number of benzene rings is 1. The fourth-order valence-electron chi connectivity index (χ4n) is 2.09. The molecule has 0 unspecified atom stereocenters. The van der Waals surface area contributed by atoms with Crippen LogP contribution < -0.4 is 0 Å². The molecule has 0 bridgehead atoms. The lowest BCUT2D eigenvalue weighted by Gasteiger charge is -2.05. The van der Waals surface area contributed by atoms with E-state index in [0.717, 1.165) is 16.6 Å². The molecule has 0 N–H and O–H groups in total. The van der Waals surface area contributed by atoms with Crippen molar-refractivity contribution in [3.8, 4) is 0 Å². The Hall–Kier alpha value is -2.55. The van der Waals surface area contributed by atoms with E-state index in [9.17, 15) is 4.79 Å². The highest BCUT2D eigenvalue weighted by molar-refractivity contribution is 6.10. The van der Waals surface area contributed by atoms with Crippen LogP contribution in [-0.4, -0.2) is 15.8 Å². The van der Waals surface area contributed by atoms with E-state index in [-0.39, 0.29) is 5.78 Å². The molecule has 0 radical (unpaired) electrons. The van der Waals surface area contributed by atoms with Crippen molar-refractivity contribution in [2.24, 2.45) is 0 Å². The molecule has 0 aliphatic carbocycles. The van der Waals surface area contributed by atoms with Crippen LogP contribution in [0.15, 0.2) is 54.9 Å². The topological polar surface area (TPSA) is 42.9 Å². The summed E-state index contributed by atoms with van der Waals surface area (Å²) in [5, 5.41) is 1.03. The highest BCUT2D eigenvalue weighted by Crippen LogP contribution is 2.17. The van der Waals surface area contributed by atoms with E-state index in [1.165, 1.54) is 0 Å². The predicted molar refractivity (Wildman–Crippen MR) is 74.1 cm³/mol. The summed E-state index contributed by atoms with van der Waals surface area (Å²) in [6.07, 6.45) is 3.42. The van der Waals surface area contributed by atoms with Gasteiger partial charge in [-0.3, -0.25) is 14.8 Å². The van der Waals surface area contributed by atoms with Gasteiger partial charge in [0, 0.05) is 34.6 Å². The summed E-state index contributed by atoms with van der Waals surface area (Å²) in [4.78, 5) is 20.9. The van der Waals surface area contributed by atoms with Crippen LogP contribution in [-0.2, 0) is 0 Å². The maximum absolute atomic E-state index is 12.4. The van der Waals surface area contributed by atoms with Crippen molar-refractivity contribution >= 4 is 16.7 Å². The Bertz CT molecular complexity index is 765. The number of carbonyl (C=O) groups excluding carboxylic acids is 1. The van der Waals surface area contributed by atoms with Gasteiger partial charge in [-0.15, -0.1) is 0 Å². The van der Waals surface area contributed by atoms with Gasteiger partial charge in [0.1, 0.15) is 0 Å². The molecule has 1 aromatic carbocycles. The van der Waals surface area contributed by atoms with Crippen molar-refractivity contribution in [3.05, 3.63) is 71.7 Å². The van der Waals surface area contributed by atoms with Crippen LogP contribution in [0.2, 0.25) is 0 Å². The third kappa shape index (κ3) is 2.10. The first-order chi connectivity index (χ1) is 9.25. The Morgan fingerprint density at radius 3 is 2.63 bits per heavy atom. The van der Waals surface area contributed by atoms with Gasteiger partial charge >= 0.3 is 0 Å². The molecule has 0 saturated carbocycles. The van der Waals surface area contributed by atoms with Crippen molar-refractivity contribution in [2.75, 3.05) is 0 Å². The molecule has 0 aliphatic rings. The van der Waals surface area contributed by atoms with Crippen molar-refractivity contribution in [3.63, 3.8) is 0 Å². The number of nitrogens with zero attached hydrogens (tertiary/aromatic N) is 2. The molecular formula is C16H12N2O. The van der Waals surface area contributed by atoms with E-state index in [2.05, 4.69) is 9.97 Å². The highest BCUT2D eigenvalue weighted by Gasteiger charge is 2.12. The Morgan fingerprint density at radius 1 is 1.00 bits per heavy atom. The smallest absolute Gasteiger partial charge is 0.194 e. The van der Waals surface area contributed by atoms with Crippen LogP contribution >= 0.6 is 0 Å². The van der Waals surface area contributed by atoms with E-state index >= 15 is 0 Å². The molecule has 0 saturated heterocycles. The van der Waals surface area contributed by atoms with Crippen molar-refractivity contribution in [1.82, 2.24) is 9.97 Å². The Labute approximate surface area is 111 Å². The molecule has 3 heteroatoms. The molecule has 0 fully saturated rings. The van der Waals surface area contributed by atoms with Gasteiger partial charge in [0.05, 0.1) is 5.52 Å².